The molecule has 4 nitrogen and oxygen atoms in total. The number of carbonyl (C=O) groups is 2. The Morgan fingerprint density at radius 3 is 2.94 bits per heavy atom. The summed E-state index contributed by atoms with van der Waals surface area (Å²) in [6.45, 7) is 1.95. The number of ether oxygens (including phenoxy) is 1. The molecule has 1 aromatic rings. The summed E-state index contributed by atoms with van der Waals surface area (Å²) in [6, 6.07) is 6.16. The van der Waals surface area contributed by atoms with E-state index in [0.717, 1.165) is 5.22 Å². The highest BCUT2D eigenvalue weighted by Gasteiger charge is 2.27. The van der Waals surface area contributed by atoms with Crippen molar-refractivity contribution >= 4 is 17.8 Å². The van der Waals surface area contributed by atoms with Crippen molar-refractivity contribution in [1.82, 2.24) is 0 Å². The van der Waals surface area contributed by atoms with Gasteiger partial charge in [-0.3, -0.25) is 9.79 Å². The van der Waals surface area contributed by atoms with Gasteiger partial charge in [-0.15, -0.1) is 0 Å². The zero-order chi connectivity index (χ0) is 11.5. The quantitative estimate of drug-likeness (QED) is 0.500. The first-order valence-corrected chi connectivity index (χ1v) is 5.07. The lowest BCUT2D eigenvalue weighted by Gasteiger charge is -2.10. The molecule has 2 rings (SSSR count). The summed E-state index contributed by atoms with van der Waals surface area (Å²) < 4.78 is 4.79. The number of hydrogen-bond acceptors (Lipinski definition) is 4. The van der Waals surface area contributed by atoms with Crippen molar-refractivity contribution < 1.29 is 14.3 Å². The smallest absolute Gasteiger partial charge is 0.339 e. The highest BCUT2D eigenvalue weighted by atomic mass is 16.5. The van der Waals surface area contributed by atoms with Crippen molar-refractivity contribution in [1.29, 1.82) is 0 Å². The van der Waals surface area contributed by atoms with E-state index in [1.165, 1.54) is 6.08 Å². The van der Waals surface area contributed by atoms with Crippen LogP contribution < -0.4 is 10.6 Å². The number of para-hydroxylation sites is 1. The summed E-state index contributed by atoms with van der Waals surface area (Å²) in [6.07, 6.45) is 1.43. The third kappa shape index (κ3) is 1.86. The van der Waals surface area contributed by atoms with Gasteiger partial charge in [-0.1, -0.05) is 18.2 Å². The van der Waals surface area contributed by atoms with E-state index in [1.807, 2.05) is 12.1 Å². The van der Waals surface area contributed by atoms with Crippen molar-refractivity contribution in [3.8, 4) is 0 Å². The van der Waals surface area contributed by atoms with Crippen LogP contribution in [0, 0.1) is 0 Å². The first kappa shape index (κ1) is 10.5. The fourth-order valence-corrected chi connectivity index (χ4v) is 1.55. The number of rotatable bonds is 2. The van der Waals surface area contributed by atoms with Gasteiger partial charge in [-0.05, 0) is 19.1 Å². The van der Waals surface area contributed by atoms with Crippen LogP contribution in [0.3, 0.4) is 0 Å². The molecule has 0 saturated heterocycles. The van der Waals surface area contributed by atoms with E-state index < -0.39 is 12.0 Å². The monoisotopic (exact) mass is 217 g/mol. The molecule has 16 heavy (non-hydrogen) atoms. The average Bonchev–Trinajstić information content (AvgIpc) is 2.28. The molecule has 0 amide bonds. The molecule has 4 heteroatoms. The van der Waals surface area contributed by atoms with Gasteiger partial charge in [-0.2, -0.15) is 0 Å². The fourth-order valence-electron chi connectivity index (χ4n) is 1.55. The minimum Gasteiger partial charge on any atom is -0.464 e. The zero-order valence-electron chi connectivity index (χ0n) is 8.84. The highest BCUT2D eigenvalue weighted by Crippen LogP contribution is 2.00. The molecular formula is C12H11NO3. The van der Waals surface area contributed by atoms with Gasteiger partial charge in [0.15, 0.2) is 5.78 Å². The van der Waals surface area contributed by atoms with Gasteiger partial charge < -0.3 is 4.74 Å². The van der Waals surface area contributed by atoms with Crippen LogP contribution in [0.1, 0.15) is 6.92 Å². The molecule has 0 radical (unpaired) electrons. The van der Waals surface area contributed by atoms with Gasteiger partial charge in [-0.25, -0.2) is 4.79 Å². The normalized spacial score (nSPS) is 18.1. The van der Waals surface area contributed by atoms with Crippen LogP contribution in [0.5, 0.6) is 0 Å². The van der Waals surface area contributed by atoms with E-state index in [2.05, 4.69) is 4.99 Å². The molecular weight excluding hydrogens is 206 g/mol. The maximum Gasteiger partial charge on any atom is 0.339 e. The van der Waals surface area contributed by atoms with Gasteiger partial charge in [0.25, 0.3) is 0 Å². The van der Waals surface area contributed by atoms with E-state index in [4.69, 9.17) is 4.74 Å². The molecule has 82 valence electrons. The number of hydrogen-bond donors (Lipinski definition) is 0. The van der Waals surface area contributed by atoms with Crippen molar-refractivity contribution in [2.24, 2.45) is 4.99 Å². The van der Waals surface area contributed by atoms with Crippen LogP contribution in [-0.2, 0) is 14.3 Å². The number of carbonyl (C=O) groups excluding carboxylic acids is 2. The third-order valence-electron chi connectivity index (χ3n) is 2.28. The first-order valence-electron chi connectivity index (χ1n) is 5.07. The standard InChI is InChI=1S/C12H11NO3/c1-2-16-12(15)11-10(14)7-8-5-3-4-6-9(8)13-11/h3-7,11H,2H2,1H3. The van der Waals surface area contributed by atoms with Gasteiger partial charge >= 0.3 is 5.97 Å². The molecule has 1 aliphatic rings. The molecule has 1 heterocycles. The molecule has 0 spiro atoms. The van der Waals surface area contributed by atoms with E-state index in [0.29, 0.717) is 5.36 Å². The topological polar surface area (TPSA) is 55.7 Å². The lowest BCUT2D eigenvalue weighted by atomic mass is 10.1. The van der Waals surface area contributed by atoms with Crippen LogP contribution in [0.25, 0.3) is 6.08 Å². The predicted octanol–water partition coefficient (Wildman–Crippen LogP) is -0.399. The minimum absolute atomic E-state index is 0.250. The van der Waals surface area contributed by atoms with E-state index >= 15 is 0 Å². The average molecular weight is 217 g/mol. The summed E-state index contributed by atoms with van der Waals surface area (Å²) >= 11 is 0. The number of benzene rings is 1. The van der Waals surface area contributed by atoms with Gasteiger partial charge in [0, 0.05) is 5.22 Å². The van der Waals surface area contributed by atoms with Crippen LogP contribution in [0.15, 0.2) is 29.3 Å². The van der Waals surface area contributed by atoms with E-state index in [1.54, 1.807) is 19.1 Å². The third-order valence-corrected chi connectivity index (χ3v) is 2.28. The molecule has 0 aromatic heterocycles. The Balaban J connectivity index is 2.44. The van der Waals surface area contributed by atoms with Crippen molar-refractivity contribution in [2.75, 3.05) is 6.61 Å². The second-order valence-electron chi connectivity index (χ2n) is 3.39. The fraction of sp³-hybridized carbons (Fsp3) is 0.250. The van der Waals surface area contributed by atoms with Gasteiger partial charge in [0.1, 0.15) is 0 Å². The zero-order valence-corrected chi connectivity index (χ0v) is 8.84. The predicted molar refractivity (Wildman–Crippen MR) is 57.1 cm³/mol. The summed E-state index contributed by atoms with van der Waals surface area (Å²) in [7, 11) is 0. The molecule has 1 aliphatic heterocycles. The maximum atomic E-state index is 11.6. The summed E-state index contributed by atoms with van der Waals surface area (Å²) in [5.41, 5.74) is 0. The number of nitrogens with zero attached hydrogens (tertiary/aromatic N) is 1. The van der Waals surface area contributed by atoms with Crippen molar-refractivity contribution in [3.05, 3.63) is 34.8 Å². The number of ketones is 1. The molecule has 0 fully saturated rings. The second kappa shape index (κ2) is 4.26. The van der Waals surface area contributed by atoms with E-state index in [9.17, 15) is 9.59 Å². The number of fused-ring (bicyclic) bond motifs is 1. The molecule has 0 N–H and O–H groups in total. The van der Waals surface area contributed by atoms with Gasteiger partial charge in [0.2, 0.25) is 6.04 Å². The summed E-state index contributed by atoms with van der Waals surface area (Å²) in [5.74, 6) is -0.907. The van der Waals surface area contributed by atoms with Crippen molar-refractivity contribution in [3.63, 3.8) is 0 Å². The Hall–Kier alpha value is -1.97. The van der Waals surface area contributed by atoms with Gasteiger partial charge in [0.05, 0.1) is 12.0 Å². The Morgan fingerprint density at radius 2 is 2.19 bits per heavy atom. The Kier molecular flexibility index (Phi) is 2.81. The summed E-state index contributed by atoms with van der Waals surface area (Å²) in [5, 5.41) is 1.40. The Labute approximate surface area is 92.3 Å². The summed E-state index contributed by atoms with van der Waals surface area (Å²) in [4.78, 5) is 27.2. The lowest BCUT2D eigenvalue weighted by molar-refractivity contribution is -0.146. The lowest BCUT2D eigenvalue weighted by Crippen LogP contribution is -2.40. The number of Topliss-reactive ketones (excluding diaryl/α,β-unsaturated/α-hetero) is 1. The molecule has 0 saturated carbocycles. The van der Waals surface area contributed by atoms with Crippen LogP contribution >= 0.6 is 0 Å². The van der Waals surface area contributed by atoms with Crippen molar-refractivity contribution in [2.45, 2.75) is 13.0 Å². The minimum atomic E-state index is -1.03. The molecule has 0 aliphatic carbocycles. The molecule has 1 atom stereocenters. The molecule has 1 unspecified atom stereocenters. The molecule has 1 aromatic carbocycles. The second-order valence-corrected chi connectivity index (χ2v) is 3.39. The Bertz CT molecular complexity index is 548. The first-order chi connectivity index (χ1) is 7.72. The SMILES string of the molecule is CCOC(=O)C1N=c2ccccc2=CC1=O. The largest absolute Gasteiger partial charge is 0.464 e. The molecule has 0 bridgehead atoms. The Morgan fingerprint density at radius 1 is 1.44 bits per heavy atom. The van der Waals surface area contributed by atoms with Crippen LogP contribution in [0.4, 0.5) is 0 Å². The van der Waals surface area contributed by atoms with E-state index in [-0.39, 0.29) is 12.4 Å². The number of esters is 1. The maximum absolute atomic E-state index is 11.6. The highest BCUT2D eigenvalue weighted by molar-refractivity contribution is 6.19. The van der Waals surface area contributed by atoms with Crippen LogP contribution in [-0.4, -0.2) is 24.4 Å². The van der Waals surface area contributed by atoms with Crippen LogP contribution in [0.2, 0.25) is 0 Å².